The molecular weight excluding hydrogens is 666 g/mol. The zero-order valence-corrected chi connectivity index (χ0v) is 33.1. The molecule has 0 aliphatic heterocycles. The summed E-state index contributed by atoms with van der Waals surface area (Å²) in [6.07, 6.45) is 32.5. The minimum absolute atomic E-state index is 0. The molecule has 2 radical (unpaired) electrons. The van der Waals surface area contributed by atoms with E-state index in [0.29, 0.717) is 12.8 Å². The van der Waals surface area contributed by atoms with Crippen molar-refractivity contribution in [3.05, 3.63) is 0 Å². The first-order chi connectivity index (χ1) is 20.3. The zero-order valence-electron chi connectivity index (χ0n) is 28.7. The predicted molar refractivity (Wildman–Crippen MR) is 183 cm³/mol. The third-order valence-corrected chi connectivity index (χ3v) is 8.14. The van der Waals surface area contributed by atoms with Gasteiger partial charge in [0.25, 0.3) is 0 Å². The molecule has 0 saturated heterocycles. The molecule has 0 bridgehead atoms. The van der Waals surface area contributed by atoms with Crippen LogP contribution in [0.3, 0.4) is 0 Å². The summed E-state index contributed by atoms with van der Waals surface area (Å²) in [5, 5.41) is 36.7. The molecule has 43 heavy (non-hydrogen) atoms. The van der Waals surface area contributed by atoms with Crippen LogP contribution < -0.4 is 0 Å². The Hall–Kier alpha value is 0.431. The molecule has 0 aromatic rings. The molecule has 0 rings (SSSR count). The number of hydrogen-bond donors (Lipinski definition) is 4. The third kappa shape index (κ3) is 47.0. The van der Waals surface area contributed by atoms with Crippen LogP contribution in [0.25, 0.3) is 0 Å². The topological polar surface area (TPSA) is 115 Å². The summed E-state index contributed by atoms with van der Waals surface area (Å²) in [4.78, 5) is 20.7. The van der Waals surface area contributed by atoms with E-state index in [1.165, 1.54) is 103 Å². The van der Waals surface area contributed by atoms with E-state index >= 15 is 0 Å². The van der Waals surface area contributed by atoms with Crippen LogP contribution in [0.2, 0.25) is 0 Å². The van der Waals surface area contributed by atoms with E-state index in [0.717, 1.165) is 77.0 Å². The minimum atomic E-state index is -0.678. The van der Waals surface area contributed by atoms with Gasteiger partial charge < -0.3 is 20.4 Å². The fourth-order valence-electron chi connectivity index (χ4n) is 5.34. The first-order valence-electron chi connectivity index (χ1n) is 18.1. The number of unbranched alkanes of at least 4 members (excludes halogenated alkanes) is 20. The van der Waals surface area contributed by atoms with Gasteiger partial charge in [-0.15, -0.1) is 0 Å². The van der Waals surface area contributed by atoms with Gasteiger partial charge in [0.15, 0.2) is 0 Å². The molecule has 6 nitrogen and oxygen atoms in total. The maximum Gasteiger partial charge on any atom is 0.303 e. The second-order valence-electron chi connectivity index (χ2n) is 12.5. The van der Waals surface area contributed by atoms with E-state index in [2.05, 4.69) is 13.8 Å². The molecule has 2 unspecified atom stereocenters. The summed E-state index contributed by atoms with van der Waals surface area (Å²) in [5.41, 5.74) is 0. The Morgan fingerprint density at radius 2 is 0.605 bits per heavy atom. The molecule has 0 aliphatic carbocycles. The molecule has 0 aliphatic rings. The average molecular weight is 738 g/mol. The van der Waals surface area contributed by atoms with Crippen molar-refractivity contribution in [2.75, 3.05) is 0 Å². The van der Waals surface area contributed by atoms with Crippen molar-refractivity contribution in [3.63, 3.8) is 0 Å². The van der Waals surface area contributed by atoms with E-state index in [1.54, 1.807) is 0 Å². The molecule has 0 heterocycles. The molecule has 254 valence electrons. The summed E-state index contributed by atoms with van der Waals surface area (Å²) in [6, 6.07) is 0. The van der Waals surface area contributed by atoms with Crippen molar-refractivity contribution in [1.29, 1.82) is 0 Å². The number of aliphatic hydroxyl groups is 2. The van der Waals surface area contributed by atoms with E-state index in [1.807, 2.05) is 0 Å². The maximum absolute atomic E-state index is 10.3. The fraction of sp³-hybridized carbons (Fsp3) is 0.944. The van der Waals surface area contributed by atoms with Crippen molar-refractivity contribution < 1.29 is 30.0 Å². The number of hydrogen-bond acceptors (Lipinski definition) is 4. The number of carboxylic acids is 2. The van der Waals surface area contributed by atoms with E-state index in [9.17, 15) is 19.8 Å². The molecule has 0 spiro atoms. The molecular formula is C36H72BaO6. The van der Waals surface area contributed by atoms with E-state index in [-0.39, 0.29) is 61.1 Å². The number of carbonyl (C=O) groups is 2. The van der Waals surface area contributed by atoms with Gasteiger partial charge in [-0.1, -0.05) is 155 Å². The fourth-order valence-corrected chi connectivity index (χ4v) is 5.34. The van der Waals surface area contributed by atoms with Crippen LogP contribution in [0.5, 0.6) is 0 Å². The van der Waals surface area contributed by atoms with Crippen molar-refractivity contribution in [1.82, 2.24) is 0 Å². The van der Waals surface area contributed by atoms with Gasteiger partial charge in [-0.2, -0.15) is 0 Å². The van der Waals surface area contributed by atoms with Gasteiger partial charge in [-0.25, -0.2) is 0 Å². The Labute approximate surface area is 307 Å². The van der Waals surface area contributed by atoms with E-state index < -0.39 is 11.9 Å². The third-order valence-electron chi connectivity index (χ3n) is 8.14. The van der Waals surface area contributed by atoms with Crippen LogP contribution >= 0.6 is 0 Å². The summed E-state index contributed by atoms with van der Waals surface area (Å²) in [5.74, 6) is -1.36. The number of aliphatic hydroxyl groups excluding tert-OH is 2. The van der Waals surface area contributed by atoms with Gasteiger partial charge in [-0.3, -0.25) is 9.59 Å². The van der Waals surface area contributed by atoms with Crippen LogP contribution in [0, 0.1) is 0 Å². The molecule has 0 saturated carbocycles. The van der Waals surface area contributed by atoms with Gasteiger partial charge in [0, 0.05) is 61.7 Å². The monoisotopic (exact) mass is 738 g/mol. The Morgan fingerprint density at radius 3 is 0.837 bits per heavy atom. The normalized spacial score (nSPS) is 12.2. The maximum atomic E-state index is 10.3. The van der Waals surface area contributed by atoms with Crippen molar-refractivity contribution in [2.45, 2.75) is 219 Å². The van der Waals surface area contributed by atoms with Crippen molar-refractivity contribution in [2.24, 2.45) is 0 Å². The van der Waals surface area contributed by atoms with Crippen LogP contribution in [0.1, 0.15) is 206 Å². The Kier molecular flexibility index (Phi) is 45.0. The summed E-state index contributed by atoms with van der Waals surface area (Å²) in [7, 11) is 0. The molecule has 4 N–H and O–H groups in total. The van der Waals surface area contributed by atoms with Gasteiger partial charge in [-0.05, 0) is 38.5 Å². The summed E-state index contributed by atoms with van der Waals surface area (Å²) < 4.78 is 0. The van der Waals surface area contributed by atoms with Gasteiger partial charge >= 0.3 is 11.9 Å². The second kappa shape index (κ2) is 40.5. The van der Waals surface area contributed by atoms with Crippen LogP contribution in [0.15, 0.2) is 0 Å². The Bertz CT molecular complexity index is 512. The van der Waals surface area contributed by atoms with Crippen LogP contribution in [-0.2, 0) is 9.59 Å². The van der Waals surface area contributed by atoms with Gasteiger partial charge in [0.2, 0.25) is 0 Å². The SMILES string of the molecule is CCCCCCC(O)CCCCCCCCCCC(=O)O.CCCCCCC(O)CCCCCCCCCCC(=O)O.[Ba]. The largest absolute Gasteiger partial charge is 0.481 e. The molecule has 0 amide bonds. The van der Waals surface area contributed by atoms with Crippen molar-refractivity contribution >= 4 is 60.8 Å². The zero-order chi connectivity index (χ0) is 31.5. The summed E-state index contributed by atoms with van der Waals surface area (Å²) in [6.45, 7) is 4.42. The number of aliphatic carboxylic acids is 2. The smallest absolute Gasteiger partial charge is 0.303 e. The molecule has 2 atom stereocenters. The van der Waals surface area contributed by atoms with Crippen LogP contribution in [0.4, 0.5) is 0 Å². The average Bonchev–Trinajstić information content (AvgIpc) is 2.95. The molecule has 0 aromatic heterocycles. The number of carboxylic acid groups (broad SMARTS) is 2. The Morgan fingerprint density at radius 1 is 0.395 bits per heavy atom. The molecule has 0 aromatic carbocycles. The quantitative estimate of drug-likeness (QED) is 0.0404. The van der Waals surface area contributed by atoms with Gasteiger partial charge in [0.1, 0.15) is 0 Å². The van der Waals surface area contributed by atoms with Crippen LogP contribution in [-0.4, -0.2) is 93.5 Å². The van der Waals surface area contributed by atoms with Crippen molar-refractivity contribution in [3.8, 4) is 0 Å². The van der Waals surface area contributed by atoms with E-state index in [4.69, 9.17) is 10.2 Å². The standard InChI is InChI=1S/2C18H36O3.Ba/c2*1-2-3-4-11-14-17(19)15-12-9-7-5-6-8-10-13-16-18(20)21;/h2*17,19H,2-16H2,1H3,(H,20,21);. The first-order valence-corrected chi connectivity index (χ1v) is 18.1. The summed E-state index contributed by atoms with van der Waals surface area (Å²) >= 11 is 0. The molecule has 0 fully saturated rings. The number of rotatable bonds is 32. The predicted octanol–water partition coefficient (Wildman–Crippen LogP) is 10.2. The van der Waals surface area contributed by atoms with Gasteiger partial charge in [0.05, 0.1) is 12.2 Å². The molecule has 7 heteroatoms. The first kappa shape index (κ1) is 47.8. The Balaban J connectivity index is -0.000000727. The minimum Gasteiger partial charge on any atom is -0.481 e. The second-order valence-corrected chi connectivity index (χ2v) is 12.5.